The normalized spacial score (nSPS) is 20.2. The van der Waals surface area contributed by atoms with Crippen LogP contribution in [-0.2, 0) is 20.7 Å². The van der Waals surface area contributed by atoms with Gasteiger partial charge in [-0.05, 0) is 43.4 Å². The predicted octanol–water partition coefficient (Wildman–Crippen LogP) is 4.73. The number of halogens is 4. The molecule has 0 bridgehead atoms. The lowest BCUT2D eigenvalue weighted by atomic mass is 9.74. The van der Waals surface area contributed by atoms with Crippen LogP contribution in [0.3, 0.4) is 0 Å². The molecule has 2 aromatic heterocycles. The summed E-state index contributed by atoms with van der Waals surface area (Å²) in [5, 5.41) is 4.64. The molecule has 1 aromatic carbocycles. The maximum atomic E-state index is 14.2. The number of esters is 1. The van der Waals surface area contributed by atoms with Crippen molar-refractivity contribution in [3.63, 3.8) is 0 Å². The number of anilines is 2. The second kappa shape index (κ2) is 9.51. The van der Waals surface area contributed by atoms with Crippen molar-refractivity contribution in [2.75, 3.05) is 25.6 Å². The van der Waals surface area contributed by atoms with Crippen molar-refractivity contribution in [1.29, 1.82) is 0 Å². The molecular formula is C25H25ClF3N5O3. The monoisotopic (exact) mass is 535 g/mol. The molecule has 3 heterocycles. The number of aromatic nitrogens is 3. The highest BCUT2D eigenvalue weighted by Gasteiger charge is 2.48. The number of methoxy groups -OCH3 is 1. The van der Waals surface area contributed by atoms with Gasteiger partial charge >= 0.3 is 12.1 Å². The van der Waals surface area contributed by atoms with Crippen LogP contribution in [0.4, 0.5) is 24.5 Å². The van der Waals surface area contributed by atoms with Gasteiger partial charge in [-0.2, -0.15) is 18.3 Å². The molecule has 0 spiro atoms. The van der Waals surface area contributed by atoms with E-state index in [1.54, 1.807) is 28.9 Å². The molecule has 3 aromatic rings. The summed E-state index contributed by atoms with van der Waals surface area (Å²) in [6, 6.07) is 5.62. The molecule has 1 saturated carbocycles. The maximum Gasteiger partial charge on any atom is 0.413 e. The van der Waals surface area contributed by atoms with Crippen LogP contribution < -0.4 is 4.90 Å². The van der Waals surface area contributed by atoms with Crippen LogP contribution in [0.1, 0.15) is 36.6 Å². The minimum absolute atomic E-state index is 0.0411. The molecule has 2 aliphatic rings. The van der Waals surface area contributed by atoms with Gasteiger partial charge in [0, 0.05) is 31.3 Å². The van der Waals surface area contributed by atoms with Crippen LogP contribution in [0.25, 0.3) is 5.65 Å². The van der Waals surface area contributed by atoms with Gasteiger partial charge < -0.3 is 14.5 Å². The fourth-order valence-electron chi connectivity index (χ4n) is 5.26. The Hall–Kier alpha value is -3.34. The van der Waals surface area contributed by atoms with Crippen LogP contribution in [0.15, 0.2) is 36.5 Å². The molecule has 196 valence electrons. The summed E-state index contributed by atoms with van der Waals surface area (Å²) in [6.07, 6.45) is -0.984. The quantitative estimate of drug-likeness (QED) is 0.440. The van der Waals surface area contributed by atoms with Crippen molar-refractivity contribution < 1.29 is 27.5 Å². The highest BCUT2D eigenvalue weighted by atomic mass is 35.5. The van der Waals surface area contributed by atoms with Gasteiger partial charge in [-0.15, -0.1) is 0 Å². The van der Waals surface area contributed by atoms with Crippen LogP contribution in [0.5, 0.6) is 0 Å². The molecule has 12 heteroatoms. The summed E-state index contributed by atoms with van der Waals surface area (Å²) in [5.41, 5.74) is 3.04. The van der Waals surface area contributed by atoms with E-state index in [0.717, 1.165) is 36.2 Å². The van der Waals surface area contributed by atoms with Crippen LogP contribution in [0.2, 0.25) is 5.15 Å². The molecule has 37 heavy (non-hydrogen) atoms. The van der Waals surface area contributed by atoms with Gasteiger partial charge in [0.05, 0.1) is 30.6 Å². The maximum absolute atomic E-state index is 14.2. The third-order valence-corrected chi connectivity index (χ3v) is 7.39. The topological polar surface area (TPSA) is 80.0 Å². The lowest BCUT2D eigenvalue weighted by Crippen LogP contribution is -2.47. The second-order valence-electron chi connectivity index (χ2n) is 9.46. The number of alkyl halides is 3. The van der Waals surface area contributed by atoms with E-state index < -0.39 is 35.9 Å². The number of hydrogen-bond donors (Lipinski definition) is 0. The van der Waals surface area contributed by atoms with E-state index in [-0.39, 0.29) is 18.4 Å². The molecule has 1 fully saturated rings. The number of ether oxygens (including phenoxy) is 1. The SMILES string of the molecule is COC(=O)C1CC(C(=O)N(C)[C@@H](c2ccc(N3CCCc4c3cnc3cc(Cl)nn43)cc2)C(F)(F)F)C1. The first-order valence-electron chi connectivity index (χ1n) is 11.9. The largest absolute Gasteiger partial charge is 0.469 e. The van der Waals surface area contributed by atoms with Gasteiger partial charge in [-0.1, -0.05) is 23.7 Å². The second-order valence-corrected chi connectivity index (χ2v) is 9.84. The molecule has 0 saturated heterocycles. The third-order valence-electron chi connectivity index (χ3n) is 7.20. The van der Waals surface area contributed by atoms with Gasteiger partial charge in [0.2, 0.25) is 5.91 Å². The smallest absolute Gasteiger partial charge is 0.413 e. The minimum Gasteiger partial charge on any atom is -0.469 e. The molecule has 5 rings (SSSR count). The fraction of sp³-hybridized carbons (Fsp3) is 0.440. The number of carbonyl (C=O) groups is 2. The molecule has 1 aliphatic carbocycles. The van der Waals surface area contributed by atoms with E-state index in [9.17, 15) is 22.8 Å². The summed E-state index contributed by atoms with van der Waals surface area (Å²) in [4.78, 5) is 31.6. The highest BCUT2D eigenvalue weighted by Crippen LogP contribution is 2.42. The van der Waals surface area contributed by atoms with Gasteiger partial charge in [-0.3, -0.25) is 9.59 Å². The predicted molar refractivity (Wildman–Crippen MR) is 130 cm³/mol. The Morgan fingerprint density at radius 1 is 1.19 bits per heavy atom. The van der Waals surface area contributed by atoms with Gasteiger partial charge in [-0.25, -0.2) is 9.50 Å². The van der Waals surface area contributed by atoms with Gasteiger partial charge in [0.1, 0.15) is 0 Å². The lowest BCUT2D eigenvalue weighted by molar-refractivity contribution is -0.192. The zero-order valence-electron chi connectivity index (χ0n) is 20.2. The molecule has 8 nitrogen and oxygen atoms in total. The van der Waals surface area contributed by atoms with E-state index in [1.165, 1.54) is 19.2 Å². The number of carbonyl (C=O) groups excluding carboxylic acids is 2. The first-order chi connectivity index (χ1) is 17.6. The Balaban J connectivity index is 1.38. The number of hydrogen-bond acceptors (Lipinski definition) is 6. The summed E-state index contributed by atoms with van der Waals surface area (Å²) in [7, 11) is 2.41. The molecule has 1 atom stereocenters. The molecular weight excluding hydrogens is 511 g/mol. The molecule has 0 radical (unpaired) electrons. The first-order valence-corrected chi connectivity index (χ1v) is 12.3. The Kier molecular flexibility index (Phi) is 6.51. The zero-order chi connectivity index (χ0) is 26.5. The Bertz CT molecular complexity index is 1340. The van der Waals surface area contributed by atoms with Crippen LogP contribution in [-0.4, -0.2) is 58.3 Å². The average Bonchev–Trinajstić information content (AvgIpc) is 3.23. The van der Waals surface area contributed by atoms with Crippen LogP contribution in [0, 0.1) is 11.8 Å². The standard InChI is InChI=1S/C25H25ClF3N5O3/c1-32(23(35)15-10-16(11-15)24(36)37-2)22(25(27,28)29)14-5-7-17(8-6-14)33-9-3-4-18-19(33)13-30-21-12-20(26)31-34(18)21/h5-8,12-13,15-16,22H,3-4,9-11H2,1-2H3/t15?,16?,22-/m0/s1. The number of benzene rings is 1. The van der Waals surface area contributed by atoms with Gasteiger partial charge in [0.25, 0.3) is 0 Å². The number of amides is 1. The number of fused-ring (bicyclic) bond motifs is 3. The average molecular weight is 536 g/mol. The molecule has 0 N–H and O–H groups in total. The van der Waals surface area contributed by atoms with E-state index in [1.807, 2.05) is 4.90 Å². The minimum atomic E-state index is -4.68. The zero-order valence-corrected chi connectivity index (χ0v) is 21.0. The number of aryl methyl sites for hydroxylation is 1. The van der Waals surface area contributed by atoms with Crippen LogP contribution >= 0.6 is 11.6 Å². The highest BCUT2D eigenvalue weighted by molar-refractivity contribution is 6.29. The summed E-state index contributed by atoms with van der Waals surface area (Å²) < 4.78 is 48.8. The Labute approximate surface area is 216 Å². The molecule has 0 unspecified atom stereocenters. The number of rotatable bonds is 5. The van der Waals surface area contributed by atoms with E-state index in [0.29, 0.717) is 23.0 Å². The van der Waals surface area contributed by atoms with Gasteiger partial charge in [0.15, 0.2) is 16.8 Å². The summed E-state index contributed by atoms with van der Waals surface area (Å²) >= 11 is 6.04. The van der Waals surface area contributed by atoms with Crippen molar-refractivity contribution in [3.8, 4) is 0 Å². The Morgan fingerprint density at radius 3 is 2.54 bits per heavy atom. The Morgan fingerprint density at radius 2 is 1.89 bits per heavy atom. The molecule has 1 amide bonds. The van der Waals surface area contributed by atoms with Crippen molar-refractivity contribution >= 4 is 40.5 Å². The van der Waals surface area contributed by atoms with E-state index in [2.05, 4.69) is 14.8 Å². The number of nitrogens with zero attached hydrogens (tertiary/aromatic N) is 5. The fourth-order valence-corrected chi connectivity index (χ4v) is 5.43. The lowest BCUT2D eigenvalue weighted by Gasteiger charge is -2.38. The first kappa shape index (κ1) is 25.3. The van der Waals surface area contributed by atoms with E-state index in [4.69, 9.17) is 11.6 Å². The van der Waals surface area contributed by atoms with Crippen molar-refractivity contribution in [2.45, 2.75) is 37.9 Å². The van der Waals surface area contributed by atoms with Crippen molar-refractivity contribution in [1.82, 2.24) is 19.5 Å². The third kappa shape index (κ3) is 4.60. The van der Waals surface area contributed by atoms with Crippen molar-refractivity contribution in [3.05, 3.63) is 52.9 Å². The van der Waals surface area contributed by atoms with Crippen molar-refractivity contribution in [2.24, 2.45) is 11.8 Å². The van der Waals surface area contributed by atoms with E-state index >= 15 is 0 Å². The molecule has 1 aliphatic heterocycles. The summed E-state index contributed by atoms with van der Waals surface area (Å²) in [5.74, 6) is -2.16. The summed E-state index contributed by atoms with van der Waals surface area (Å²) in [6.45, 7) is 0.665.